The van der Waals surface area contributed by atoms with Gasteiger partial charge in [-0.2, -0.15) is 0 Å². The van der Waals surface area contributed by atoms with E-state index in [1.165, 1.54) is 5.56 Å². The van der Waals surface area contributed by atoms with Crippen LogP contribution in [-0.2, 0) is 20.7 Å². The van der Waals surface area contributed by atoms with Gasteiger partial charge < -0.3 is 29.2 Å². The van der Waals surface area contributed by atoms with Gasteiger partial charge in [-0.15, -0.1) is 0 Å². The molecule has 166 valence electrons. The van der Waals surface area contributed by atoms with E-state index in [0.29, 0.717) is 32.4 Å². The molecular weight excluding hydrogens is 384 g/mol. The number of carbonyl (C=O) groups excluding carboxylic acids is 1. The first-order valence-corrected chi connectivity index (χ1v) is 11.2. The molecular formula is C23H34N2O5. The Balaban J connectivity index is 1.56. The predicted molar refractivity (Wildman–Crippen MR) is 113 cm³/mol. The summed E-state index contributed by atoms with van der Waals surface area (Å²) in [5.74, 6) is 1.73. The van der Waals surface area contributed by atoms with E-state index in [2.05, 4.69) is 24.4 Å². The van der Waals surface area contributed by atoms with Crippen LogP contribution >= 0.6 is 0 Å². The van der Waals surface area contributed by atoms with Crippen LogP contribution in [0.25, 0.3) is 0 Å². The van der Waals surface area contributed by atoms with Gasteiger partial charge in [-0.25, -0.2) is 0 Å². The molecule has 1 amide bonds. The molecule has 0 radical (unpaired) electrons. The number of aryl methyl sites for hydroxylation is 1. The molecule has 1 aromatic rings. The van der Waals surface area contributed by atoms with E-state index in [1.807, 2.05) is 4.90 Å². The van der Waals surface area contributed by atoms with Crippen LogP contribution in [0, 0.1) is 0 Å². The summed E-state index contributed by atoms with van der Waals surface area (Å²) in [7, 11) is 1.70. The topological polar surface area (TPSA) is 69.3 Å². The van der Waals surface area contributed by atoms with Crippen molar-refractivity contribution in [1.29, 1.82) is 0 Å². The van der Waals surface area contributed by atoms with Crippen molar-refractivity contribution in [1.82, 2.24) is 10.2 Å². The first-order chi connectivity index (χ1) is 14.7. The van der Waals surface area contributed by atoms with Gasteiger partial charge >= 0.3 is 0 Å². The minimum Gasteiger partial charge on any atom is -0.490 e. The molecule has 4 rings (SSSR count). The van der Waals surface area contributed by atoms with Crippen LogP contribution in [0.1, 0.15) is 49.8 Å². The Labute approximate surface area is 179 Å². The van der Waals surface area contributed by atoms with Crippen LogP contribution in [0.5, 0.6) is 11.5 Å². The minimum absolute atomic E-state index is 0.0379. The molecule has 2 fully saturated rings. The Bertz CT molecular complexity index is 731. The Kier molecular flexibility index (Phi) is 7.12. The molecule has 3 aliphatic rings. The van der Waals surface area contributed by atoms with Crippen molar-refractivity contribution in [3.8, 4) is 11.5 Å². The lowest BCUT2D eigenvalue weighted by molar-refractivity contribution is -0.148. The summed E-state index contributed by atoms with van der Waals surface area (Å²) in [5.41, 5.74) is 2.27. The number of carbonyl (C=O) groups is 1. The number of nitrogens with zero attached hydrogens (tertiary/aromatic N) is 1. The summed E-state index contributed by atoms with van der Waals surface area (Å²) < 4.78 is 22.9. The molecule has 1 saturated heterocycles. The zero-order valence-corrected chi connectivity index (χ0v) is 18.2. The fraction of sp³-hybridized carbons (Fsp3) is 0.696. The molecule has 0 bridgehead atoms. The zero-order valence-electron chi connectivity index (χ0n) is 18.2. The maximum absolute atomic E-state index is 13.3. The lowest BCUT2D eigenvalue weighted by Gasteiger charge is -2.35. The van der Waals surface area contributed by atoms with Gasteiger partial charge in [0, 0.05) is 39.3 Å². The molecule has 0 unspecified atom stereocenters. The van der Waals surface area contributed by atoms with Gasteiger partial charge in [0.2, 0.25) is 0 Å². The van der Waals surface area contributed by atoms with Crippen molar-refractivity contribution in [2.45, 2.75) is 57.2 Å². The highest BCUT2D eigenvalue weighted by Gasteiger charge is 2.40. The van der Waals surface area contributed by atoms with Crippen LogP contribution in [0.2, 0.25) is 0 Å². The quantitative estimate of drug-likeness (QED) is 0.622. The Morgan fingerprint density at radius 2 is 2.17 bits per heavy atom. The largest absolute Gasteiger partial charge is 0.490 e. The summed E-state index contributed by atoms with van der Waals surface area (Å²) in [6.07, 6.45) is 4.52. The number of benzene rings is 1. The Hall–Kier alpha value is -1.83. The third-order valence-corrected chi connectivity index (χ3v) is 6.04. The molecule has 0 aromatic heterocycles. The van der Waals surface area contributed by atoms with Gasteiger partial charge in [0.25, 0.3) is 5.91 Å². The zero-order chi connectivity index (χ0) is 20.9. The van der Waals surface area contributed by atoms with E-state index in [1.54, 1.807) is 7.11 Å². The third kappa shape index (κ3) is 4.90. The summed E-state index contributed by atoms with van der Waals surface area (Å²) in [5, 5.41) is 3.27. The second kappa shape index (κ2) is 9.98. The second-order valence-electron chi connectivity index (χ2n) is 8.37. The van der Waals surface area contributed by atoms with E-state index >= 15 is 0 Å². The SMILES string of the molecule is COCCCOc1cc([C@@H](C)N(C(=O)[C@H]2CNCCO2)C2CC2)cc2c1OCCC2. The molecule has 7 heteroatoms. The highest BCUT2D eigenvalue weighted by atomic mass is 16.5. The molecule has 1 aromatic carbocycles. The van der Waals surface area contributed by atoms with Crippen LogP contribution in [-0.4, -0.2) is 69.6 Å². The van der Waals surface area contributed by atoms with Crippen LogP contribution in [0.3, 0.4) is 0 Å². The summed E-state index contributed by atoms with van der Waals surface area (Å²) in [6.45, 7) is 6.05. The maximum Gasteiger partial charge on any atom is 0.253 e. The standard InChI is InChI=1S/C23H34N2O5/c1-16(25(19-6-7-19)23(26)21-15-24-8-12-29-21)18-13-17-5-3-10-30-22(17)20(14-18)28-11-4-9-27-2/h13-14,16,19,21,24H,3-12,15H2,1-2H3/t16-,21-/m1/s1. The van der Waals surface area contributed by atoms with Gasteiger partial charge in [-0.05, 0) is 55.9 Å². The van der Waals surface area contributed by atoms with E-state index in [0.717, 1.165) is 62.3 Å². The average molecular weight is 419 g/mol. The molecule has 2 atom stereocenters. The third-order valence-electron chi connectivity index (χ3n) is 6.04. The Morgan fingerprint density at radius 3 is 2.90 bits per heavy atom. The fourth-order valence-electron chi connectivity index (χ4n) is 4.29. The molecule has 7 nitrogen and oxygen atoms in total. The van der Waals surface area contributed by atoms with Crippen LogP contribution < -0.4 is 14.8 Å². The highest BCUT2D eigenvalue weighted by Crippen LogP contribution is 2.41. The van der Waals surface area contributed by atoms with Gasteiger partial charge in [0.1, 0.15) is 6.10 Å². The summed E-state index contributed by atoms with van der Waals surface area (Å²) in [6, 6.07) is 4.52. The number of amides is 1. The molecule has 2 heterocycles. The van der Waals surface area contributed by atoms with Gasteiger partial charge in [0.15, 0.2) is 11.5 Å². The minimum atomic E-state index is -0.396. The fourth-order valence-corrected chi connectivity index (χ4v) is 4.29. The smallest absolute Gasteiger partial charge is 0.253 e. The van der Waals surface area contributed by atoms with E-state index in [4.69, 9.17) is 18.9 Å². The second-order valence-corrected chi connectivity index (χ2v) is 8.37. The summed E-state index contributed by atoms with van der Waals surface area (Å²) >= 11 is 0. The number of rotatable bonds is 9. The average Bonchev–Trinajstić information content (AvgIpc) is 3.62. The molecule has 1 N–H and O–H groups in total. The van der Waals surface area contributed by atoms with E-state index in [9.17, 15) is 4.79 Å². The monoisotopic (exact) mass is 418 g/mol. The molecule has 1 aliphatic carbocycles. The summed E-state index contributed by atoms with van der Waals surface area (Å²) in [4.78, 5) is 15.3. The predicted octanol–water partition coefficient (Wildman–Crippen LogP) is 2.47. The van der Waals surface area contributed by atoms with Crippen molar-refractivity contribution < 1.29 is 23.7 Å². The van der Waals surface area contributed by atoms with Gasteiger partial charge in [0.05, 0.1) is 25.9 Å². The van der Waals surface area contributed by atoms with Crippen LogP contribution in [0.15, 0.2) is 12.1 Å². The highest BCUT2D eigenvalue weighted by molar-refractivity contribution is 5.82. The first-order valence-electron chi connectivity index (χ1n) is 11.2. The lowest BCUT2D eigenvalue weighted by atomic mass is 9.97. The number of methoxy groups -OCH3 is 1. The van der Waals surface area contributed by atoms with E-state index in [-0.39, 0.29) is 11.9 Å². The van der Waals surface area contributed by atoms with Crippen molar-refractivity contribution in [2.24, 2.45) is 0 Å². The van der Waals surface area contributed by atoms with Gasteiger partial charge in [-0.1, -0.05) is 0 Å². The normalized spacial score (nSPS) is 22.0. The maximum atomic E-state index is 13.3. The molecule has 1 saturated carbocycles. The number of fused-ring (bicyclic) bond motifs is 1. The van der Waals surface area contributed by atoms with Crippen LogP contribution in [0.4, 0.5) is 0 Å². The number of nitrogens with one attached hydrogen (secondary N) is 1. The van der Waals surface area contributed by atoms with E-state index < -0.39 is 6.10 Å². The number of ether oxygens (including phenoxy) is 4. The van der Waals surface area contributed by atoms with Crippen molar-refractivity contribution >= 4 is 5.91 Å². The van der Waals surface area contributed by atoms with Crippen molar-refractivity contribution in [2.75, 3.05) is 46.6 Å². The van der Waals surface area contributed by atoms with Gasteiger partial charge in [-0.3, -0.25) is 4.79 Å². The lowest BCUT2D eigenvalue weighted by Crippen LogP contribution is -2.50. The molecule has 30 heavy (non-hydrogen) atoms. The first kappa shape index (κ1) is 21.4. The van der Waals surface area contributed by atoms with Crippen molar-refractivity contribution in [3.05, 3.63) is 23.3 Å². The number of morpholine rings is 1. The number of hydrogen-bond acceptors (Lipinski definition) is 6. The molecule has 2 aliphatic heterocycles. The van der Waals surface area contributed by atoms with Crippen molar-refractivity contribution in [3.63, 3.8) is 0 Å². The number of hydrogen-bond donors (Lipinski definition) is 1. The Morgan fingerprint density at radius 1 is 1.30 bits per heavy atom. The molecule has 0 spiro atoms.